The number of alkyl halides is 3. The summed E-state index contributed by atoms with van der Waals surface area (Å²) >= 11 is 0. The second-order valence-corrected chi connectivity index (χ2v) is 6.57. The quantitative estimate of drug-likeness (QED) is 0.741. The van der Waals surface area contributed by atoms with Crippen LogP contribution in [0, 0.1) is 0 Å². The summed E-state index contributed by atoms with van der Waals surface area (Å²) < 4.78 is 38.7. The lowest BCUT2D eigenvalue weighted by molar-refractivity contribution is -0.137. The van der Waals surface area contributed by atoms with E-state index in [2.05, 4.69) is 0 Å². The highest BCUT2D eigenvalue weighted by Gasteiger charge is 2.31. The largest absolute Gasteiger partial charge is 0.416 e. The van der Waals surface area contributed by atoms with E-state index in [-0.39, 0.29) is 5.91 Å². The molecule has 3 nitrogen and oxygen atoms in total. The first-order chi connectivity index (χ1) is 12.8. The van der Waals surface area contributed by atoms with Crippen LogP contribution in [-0.2, 0) is 11.0 Å². The molecule has 0 N–H and O–H groups in total. The van der Waals surface area contributed by atoms with Gasteiger partial charge in [-0.25, -0.2) is 0 Å². The Morgan fingerprint density at radius 2 is 1.63 bits per heavy atom. The van der Waals surface area contributed by atoms with Gasteiger partial charge in [0.05, 0.1) is 5.56 Å². The van der Waals surface area contributed by atoms with Gasteiger partial charge in [-0.05, 0) is 36.8 Å². The van der Waals surface area contributed by atoms with Gasteiger partial charge in [0, 0.05) is 37.4 Å². The molecule has 1 saturated heterocycles. The lowest BCUT2D eigenvalue weighted by Crippen LogP contribution is -2.49. The highest BCUT2D eigenvalue weighted by molar-refractivity contribution is 5.97. The van der Waals surface area contributed by atoms with E-state index in [1.165, 1.54) is 6.07 Å². The van der Waals surface area contributed by atoms with Crippen molar-refractivity contribution in [2.75, 3.05) is 31.1 Å². The molecule has 1 heterocycles. The Morgan fingerprint density at radius 1 is 0.963 bits per heavy atom. The number of anilines is 1. The Balaban J connectivity index is 1.63. The lowest BCUT2D eigenvalue weighted by Gasteiger charge is -2.36. The number of hydrogen-bond donors (Lipinski definition) is 0. The van der Waals surface area contributed by atoms with E-state index in [0.717, 1.165) is 17.7 Å². The topological polar surface area (TPSA) is 23.6 Å². The van der Waals surface area contributed by atoms with E-state index in [1.807, 2.05) is 41.3 Å². The monoisotopic (exact) mass is 374 g/mol. The summed E-state index contributed by atoms with van der Waals surface area (Å²) in [7, 11) is 0. The molecule has 1 amide bonds. The molecule has 27 heavy (non-hydrogen) atoms. The van der Waals surface area contributed by atoms with Crippen molar-refractivity contribution >= 4 is 17.7 Å². The van der Waals surface area contributed by atoms with Crippen LogP contribution in [0.1, 0.15) is 18.1 Å². The number of halogens is 3. The van der Waals surface area contributed by atoms with Gasteiger partial charge in [-0.15, -0.1) is 0 Å². The third kappa shape index (κ3) is 4.70. The first-order valence-corrected chi connectivity index (χ1v) is 8.79. The Labute approximate surface area is 156 Å². The van der Waals surface area contributed by atoms with Crippen molar-refractivity contribution in [2.45, 2.75) is 13.1 Å². The van der Waals surface area contributed by atoms with Crippen molar-refractivity contribution in [3.05, 3.63) is 71.3 Å². The summed E-state index contributed by atoms with van der Waals surface area (Å²) in [5, 5.41) is 0. The number of carbonyl (C=O) groups excluding carboxylic acids is 1. The number of benzene rings is 2. The van der Waals surface area contributed by atoms with Gasteiger partial charge in [0.1, 0.15) is 0 Å². The fourth-order valence-corrected chi connectivity index (χ4v) is 3.16. The van der Waals surface area contributed by atoms with Crippen molar-refractivity contribution in [2.24, 2.45) is 0 Å². The van der Waals surface area contributed by atoms with Crippen LogP contribution in [0.25, 0.3) is 6.08 Å². The van der Waals surface area contributed by atoms with Gasteiger partial charge < -0.3 is 9.80 Å². The average molecular weight is 374 g/mol. The van der Waals surface area contributed by atoms with Gasteiger partial charge in [0.15, 0.2) is 0 Å². The van der Waals surface area contributed by atoms with Gasteiger partial charge in [0.25, 0.3) is 0 Å². The van der Waals surface area contributed by atoms with Crippen LogP contribution in [0.4, 0.5) is 18.9 Å². The molecule has 2 aromatic carbocycles. The predicted molar refractivity (Wildman–Crippen MR) is 100 cm³/mol. The normalized spacial score (nSPS) is 15.8. The third-order valence-electron chi connectivity index (χ3n) is 4.63. The summed E-state index contributed by atoms with van der Waals surface area (Å²) in [4.78, 5) is 16.3. The van der Waals surface area contributed by atoms with Gasteiger partial charge in [-0.3, -0.25) is 4.79 Å². The van der Waals surface area contributed by atoms with Crippen molar-refractivity contribution in [1.29, 1.82) is 0 Å². The Morgan fingerprint density at radius 3 is 2.26 bits per heavy atom. The predicted octanol–water partition coefficient (Wildman–Crippen LogP) is 4.46. The second-order valence-electron chi connectivity index (χ2n) is 6.57. The maximum atomic E-state index is 12.9. The zero-order valence-electron chi connectivity index (χ0n) is 15.0. The number of hydrogen-bond acceptors (Lipinski definition) is 2. The minimum Gasteiger partial charge on any atom is -0.368 e. The van der Waals surface area contributed by atoms with Crippen molar-refractivity contribution in [1.82, 2.24) is 4.90 Å². The van der Waals surface area contributed by atoms with Gasteiger partial charge in [-0.1, -0.05) is 36.4 Å². The smallest absolute Gasteiger partial charge is 0.368 e. The minimum absolute atomic E-state index is 0.0393. The van der Waals surface area contributed by atoms with Crippen molar-refractivity contribution < 1.29 is 18.0 Å². The second kappa shape index (κ2) is 7.86. The molecule has 0 saturated carbocycles. The first kappa shape index (κ1) is 19.0. The molecule has 0 radical (unpaired) electrons. The SMILES string of the molecule is CC(=Cc1ccccc1)C(=O)N1CCN(c2cccc(C(F)(F)F)c2)CC1. The number of piperazine rings is 1. The maximum Gasteiger partial charge on any atom is 0.416 e. The summed E-state index contributed by atoms with van der Waals surface area (Å²) in [5.41, 5.74) is 1.49. The number of nitrogens with zero attached hydrogens (tertiary/aromatic N) is 2. The summed E-state index contributed by atoms with van der Waals surface area (Å²) in [6.45, 7) is 3.76. The number of rotatable bonds is 3. The van der Waals surface area contributed by atoms with E-state index in [4.69, 9.17) is 0 Å². The van der Waals surface area contributed by atoms with Crippen LogP contribution in [0.2, 0.25) is 0 Å². The van der Waals surface area contributed by atoms with Gasteiger partial charge in [0.2, 0.25) is 5.91 Å². The van der Waals surface area contributed by atoms with Crippen LogP contribution in [0.15, 0.2) is 60.2 Å². The Hall–Kier alpha value is -2.76. The molecular weight excluding hydrogens is 353 g/mol. The summed E-state index contributed by atoms with van der Waals surface area (Å²) in [5.74, 6) is -0.0393. The van der Waals surface area contributed by atoms with Crippen LogP contribution in [0.3, 0.4) is 0 Å². The summed E-state index contributed by atoms with van der Waals surface area (Å²) in [6, 6.07) is 14.9. The Kier molecular flexibility index (Phi) is 5.54. The van der Waals surface area contributed by atoms with Gasteiger partial charge in [-0.2, -0.15) is 13.2 Å². The van der Waals surface area contributed by atoms with Crippen molar-refractivity contribution in [3.63, 3.8) is 0 Å². The number of amides is 1. The fraction of sp³-hybridized carbons (Fsp3) is 0.286. The molecule has 3 rings (SSSR count). The summed E-state index contributed by atoms with van der Waals surface area (Å²) in [6.07, 6.45) is -2.51. The van der Waals surface area contributed by atoms with E-state index in [1.54, 1.807) is 17.9 Å². The fourth-order valence-electron chi connectivity index (χ4n) is 3.16. The molecular formula is C21H21F3N2O. The third-order valence-corrected chi connectivity index (χ3v) is 4.63. The first-order valence-electron chi connectivity index (χ1n) is 8.79. The average Bonchev–Trinajstić information content (AvgIpc) is 2.68. The zero-order valence-corrected chi connectivity index (χ0v) is 15.0. The minimum atomic E-state index is -4.35. The molecule has 1 aliphatic rings. The molecule has 1 aliphatic heterocycles. The molecule has 0 bridgehead atoms. The zero-order chi connectivity index (χ0) is 19.4. The van der Waals surface area contributed by atoms with Crippen LogP contribution in [0.5, 0.6) is 0 Å². The highest BCUT2D eigenvalue weighted by Crippen LogP contribution is 2.31. The van der Waals surface area contributed by atoms with E-state index in [9.17, 15) is 18.0 Å². The van der Waals surface area contributed by atoms with Crippen molar-refractivity contribution in [3.8, 4) is 0 Å². The lowest BCUT2D eigenvalue weighted by atomic mass is 10.1. The highest BCUT2D eigenvalue weighted by atomic mass is 19.4. The van der Waals surface area contributed by atoms with Crippen LogP contribution in [-0.4, -0.2) is 37.0 Å². The van der Waals surface area contributed by atoms with Gasteiger partial charge >= 0.3 is 6.18 Å². The maximum absolute atomic E-state index is 12.9. The molecule has 2 aromatic rings. The van der Waals surface area contributed by atoms with E-state index in [0.29, 0.717) is 37.4 Å². The molecule has 0 aromatic heterocycles. The molecule has 0 atom stereocenters. The number of carbonyl (C=O) groups is 1. The molecule has 0 spiro atoms. The standard InChI is InChI=1S/C21H21F3N2O/c1-16(14-17-6-3-2-4-7-17)20(27)26-12-10-25(11-13-26)19-9-5-8-18(15-19)21(22,23)24/h2-9,14-15H,10-13H2,1H3. The van der Waals surface area contributed by atoms with E-state index < -0.39 is 11.7 Å². The van der Waals surface area contributed by atoms with E-state index >= 15 is 0 Å². The van der Waals surface area contributed by atoms with Crippen LogP contribution >= 0.6 is 0 Å². The molecule has 0 unspecified atom stereocenters. The molecule has 6 heteroatoms. The molecule has 142 valence electrons. The molecule has 0 aliphatic carbocycles. The Bertz CT molecular complexity index is 823. The molecule has 1 fully saturated rings. The van der Waals surface area contributed by atoms with Crippen LogP contribution < -0.4 is 4.90 Å².